The van der Waals surface area contributed by atoms with E-state index in [0.29, 0.717) is 38.4 Å². The van der Waals surface area contributed by atoms with Gasteiger partial charge >= 0.3 is 5.97 Å². The predicted octanol–water partition coefficient (Wildman–Crippen LogP) is 0.817. The Bertz CT molecular complexity index is 714. The van der Waals surface area contributed by atoms with Crippen LogP contribution in [0, 0.1) is 5.41 Å². The van der Waals surface area contributed by atoms with E-state index < -0.39 is 5.41 Å². The number of ether oxygens (including phenoxy) is 1. The van der Waals surface area contributed by atoms with Crippen LogP contribution in [0.15, 0.2) is 10.9 Å². The van der Waals surface area contributed by atoms with Gasteiger partial charge in [-0.15, -0.1) is 0 Å². The van der Waals surface area contributed by atoms with Crippen molar-refractivity contribution in [2.45, 2.75) is 38.0 Å². The van der Waals surface area contributed by atoms with Gasteiger partial charge in [-0.25, -0.2) is 4.98 Å². The number of nitrogens with zero attached hydrogens (tertiary/aromatic N) is 2. The van der Waals surface area contributed by atoms with Crippen LogP contribution in [-0.2, 0) is 9.53 Å². The van der Waals surface area contributed by atoms with E-state index in [9.17, 15) is 14.4 Å². The lowest BCUT2D eigenvalue weighted by Crippen LogP contribution is -2.45. The van der Waals surface area contributed by atoms with Gasteiger partial charge in [-0.05, 0) is 32.1 Å². The molecule has 0 radical (unpaired) electrons. The molecule has 1 aromatic heterocycles. The molecular formula is C16H19N3O4. The highest BCUT2D eigenvalue weighted by molar-refractivity contribution is 5.92. The minimum atomic E-state index is -0.405. The number of carbonyl (C=O) groups is 2. The molecule has 3 aliphatic rings. The molecule has 7 nitrogen and oxygen atoms in total. The molecule has 1 N–H and O–H groups in total. The third-order valence-electron chi connectivity index (χ3n) is 5.20. The molecule has 0 bridgehead atoms. The molecule has 1 aromatic rings. The first-order chi connectivity index (χ1) is 11.1. The summed E-state index contributed by atoms with van der Waals surface area (Å²) in [6.07, 6.45) is 4.00. The highest BCUT2D eigenvalue weighted by Gasteiger charge is 2.47. The number of cyclic esters (lactones) is 1. The van der Waals surface area contributed by atoms with Crippen molar-refractivity contribution in [2.75, 3.05) is 19.7 Å². The van der Waals surface area contributed by atoms with Crippen molar-refractivity contribution in [3.8, 4) is 0 Å². The maximum atomic E-state index is 12.6. The van der Waals surface area contributed by atoms with Crippen molar-refractivity contribution in [2.24, 2.45) is 5.41 Å². The normalized spacial score (nSPS) is 23.1. The van der Waals surface area contributed by atoms with Crippen LogP contribution < -0.4 is 5.56 Å². The third kappa shape index (κ3) is 2.54. The lowest BCUT2D eigenvalue weighted by Gasteiger charge is -2.36. The molecule has 122 valence electrons. The average Bonchev–Trinajstić information content (AvgIpc) is 3.34. The van der Waals surface area contributed by atoms with Crippen LogP contribution in [0.3, 0.4) is 0 Å². The lowest BCUT2D eigenvalue weighted by atomic mass is 9.77. The molecular weight excluding hydrogens is 298 g/mol. The van der Waals surface area contributed by atoms with E-state index in [2.05, 4.69) is 9.97 Å². The Labute approximate surface area is 133 Å². The van der Waals surface area contributed by atoms with Gasteiger partial charge in [0.15, 0.2) is 0 Å². The number of carbonyl (C=O) groups excluding carboxylic acids is 2. The standard InChI is InChI=1S/C16H19N3O4/c20-12-9-11(17-13(18-12)10-1-2-10)14(21)19-6-3-16(4-7-19)5-8-23-15(16)22/h9-10H,1-8H2,(H,17,18,20). The van der Waals surface area contributed by atoms with Crippen LogP contribution >= 0.6 is 0 Å². The van der Waals surface area contributed by atoms with E-state index in [1.807, 2.05) is 0 Å². The Hall–Kier alpha value is -2.18. The van der Waals surface area contributed by atoms with Crippen LogP contribution in [-0.4, -0.2) is 46.4 Å². The zero-order chi connectivity index (χ0) is 16.0. The first-order valence-electron chi connectivity index (χ1n) is 8.15. The van der Waals surface area contributed by atoms with Gasteiger partial charge < -0.3 is 14.6 Å². The minimum Gasteiger partial charge on any atom is -0.465 e. The van der Waals surface area contributed by atoms with Crippen LogP contribution in [0.25, 0.3) is 0 Å². The molecule has 0 aromatic carbocycles. The summed E-state index contributed by atoms with van der Waals surface area (Å²) in [5.74, 6) is 0.552. The third-order valence-corrected chi connectivity index (χ3v) is 5.20. The maximum Gasteiger partial charge on any atom is 0.312 e. The number of nitrogens with one attached hydrogen (secondary N) is 1. The van der Waals surface area contributed by atoms with E-state index in [1.165, 1.54) is 6.07 Å². The molecule has 3 fully saturated rings. The van der Waals surface area contributed by atoms with Crippen molar-refractivity contribution in [1.29, 1.82) is 0 Å². The fourth-order valence-corrected chi connectivity index (χ4v) is 3.48. The number of amides is 1. The predicted molar refractivity (Wildman–Crippen MR) is 80.0 cm³/mol. The number of esters is 1. The minimum absolute atomic E-state index is 0.130. The summed E-state index contributed by atoms with van der Waals surface area (Å²) in [4.78, 5) is 45.0. The topological polar surface area (TPSA) is 92.4 Å². The van der Waals surface area contributed by atoms with Gasteiger partial charge in [0.1, 0.15) is 11.5 Å². The summed E-state index contributed by atoms with van der Waals surface area (Å²) in [5.41, 5.74) is -0.476. The van der Waals surface area contributed by atoms with E-state index in [4.69, 9.17) is 4.74 Å². The van der Waals surface area contributed by atoms with Crippen molar-refractivity contribution >= 4 is 11.9 Å². The Morgan fingerprint density at radius 2 is 2.00 bits per heavy atom. The maximum absolute atomic E-state index is 12.6. The second-order valence-electron chi connectivity index (χ2n) is 6.75. The molecule has 1 spiro atoms. The number of aromatic nitrogens is 2. The molecule has 1 amide bonds. The van der Waals surface area contributed by atoms with Gasteiger partial charge in [-0.2, -0.15) is 0 Å². The molecule has 2 aliphatic heterocycles. The largest absolute Gasteiger partial charge is 0.465 e. The van der Waals surface area contributed by atoms with Crippen LogP contribution in [0.2, 0.25) is 0 Å². The second-order valence-corrected chi connectivity index (χ2v) is 6.75. The number of rotatable bonds is 2. The number of hydrogen-bond donors (Lipinski definition) is 1. The van der Waals surface area contributed by atoms with E-state index in [0.717, 1.165) is 19.3 Å². The highest BCUT2D eigenvalue weighted by atomic mass is 16.5. The van der Waals surface area contributed by atoms with Crippen molar-refractivity contribution < 1.29 is 14.3 Å². The summed E-state index contributed by atoms with van der Waals surface area (Å²) in [5, 5.41) is 0. The van der Waals surface area contributed by atoms with Gasteiger partial charge in [0.25, 0.3) is 11.5 Å². The fourth-order valence-electron chi connectivity index (χ4n) is 3.48. The number of likely N-dealkylation sites (tertiary alicyclic amines) is 1. The summed E-state index contributed by atoms with van der Waals surface area (Å²) < 4.78 is 5.09. The highest BCUT2D eigenvalue weighted by Crippen LogP contribution is 2.40. The van der Waals surface area contributed by atoms with E-state index >= 15 is 0 Å². The molecule has 7 heteroatoms. The Kier molecular flexibility index (Phi) is 3.25. The van der Waals surface area contributed by atoms with Crippen molar-refractivity contribution in [1.82, 2.24) is 14.9 Å². The lowest BCUT2D eigenvalue weighted by molar-refractivity contribution is -0.148. The Morgan fingerprint density at radius 1 is 1.26 bits per heavy atom. The van der Waals surface area contributed by atoms with Crippen molar-refractivity contribution in [3.05, 3.63) is 27.9 Å². The molecule has 3 heterocycles. The first kappa shape index (κ1) is 14.4. The van der Waals surface area contributed by atoms with Gasteiger partial charge in [-0.3, -0.25) is 14.4 Å². The van der Waals surface area contributed by atoms with E-state index in [1.54, 1.807) is 4.90 Å². The zero-order valence-electron chi connectivity index (χ0n) is 12.8. The van der Waals surface area contributed by atoms with Crippen LogP contribution in [0.1, 0.15) is 54.3 Å². The number of piperidine rings is 1. The molecule has 23 heavy (non-hydrogen) atoms. The number of H-pyrrole nitrogens is 1. The second kappa shape index (κ2) is 5.18. The summed E-state index contributed by atoms with van der Waals surface area (Å²) in [6.45, 7) is 1.48. The molecule has 0 unspecified atom stereocenters. The van der Waals surface area contributed by atoms with Crippen LogP contribution in [0.4, 0.5) is 0 Å². The molecule has 2 saturated heterocycles. The average molecular weight is 317 g/mol. The molecule has 1 aliphatic carbocycles. The Balaban J connectivity index is 1.50. The summed E-state index contributed by atoms with van der Waals surface area (Å²) in [7, 11) is 0. The zero-order valence-corrected chi connectivity index (χ0v) is 12.8. The van der Waals surface area contributed by atoms with Gasteiger partial charge in [0, 0.05) is 25.1 Å². The van der Waals surface area contributed by atoms with Crippen LogP contribution in [0.5, 0.6) is 0 Å². The fraction of sp³-hybridized carbons (Fsp3) is 0.625. The SMILES string of the molecule is O=C(c1cc(=O)[nH]c(C2CC2)n1)N1CCC2(CCOC2=O)CC1. The smallest absolute Gasteiger partial charge is 0.312 e. The molecule has 4 rings (SSSR count). The number of hydrogen-bond acceptors (Lipinski definition) is 5. The van der Waals surface area contributed by atoms with E-state index in [-0.39, 0.29) is 29.0 Å². The van der Waals surface area contributed by atoms with Gasteiger partial charge in [-0.1, -0.05) is 0 Å². The number of aromatic amines is 1. The monoisotopic (exact) mass is 317 g/mol. The van der Waals surface area contributed by atoms with Gasteiger partial charge in [0.2, 0.25) is 0 Å². The summed E-state index contributed by atoms with van der Waals surface area (Å²) >= 11 is 0. The van der Waals surface area contributed by atoms with Gasteiger partial charge in [0.05, 0.1) is 12.0 Å². The Morgan fingerprint density at radius 3 is 2.61 bits per heavy atom. The summed E-state index contributed by atoms with van der Waals surface area (Å²) in [6, 6.07) is 1.27. The quantitative estimate of drug-likeness (QED) is 0.815. The first-order valence-corrected chi connectivity index (χ1v) is 8.15. The molecule has 1 saturated carbocycles. The molecule has 0 atom stereocenters. The van der Waals surface area contributed by atoms with Crippen molar-refractivity contribution in [3.63, 3.8) is 0 Å².